The second kappa shape index (κ2) is 10.0. The number of carbonyl (C=O) groups is 1. The molecule has 0 saturated carbocycles. The van der Waals surface area contributed by atoms with E-state index in [2.05, 4.69) is 26.1 Å². The van der Waals surface area contributed by atoms with Gasteiger partial charge < -0.3 is 5.32 Å². The van der Waals surface area contributed by atoms with Gasteiger partial charge in [-0.05, 0) is 53.8 Å². The van der Waals surface area contributed by atoms with E-state index in [1.807, 2.05) is 66.7 Å². The number of rotatable bonds is 7. The number of aryl methyl sites for hydroxylation is 1. The third kappa shape index (κ3) is 5.01. The summed E-state index contributed by atoms with van der Waals surface area (Å²) >= 11 is 1.27. The maximum atomic E-state index is 13.5. The van der Waals surface area contributed by atoms with Gasteiger partial charge in [0.2, 0.25) is 5.91 Å². The van der Waals surface area contributed by atoms with Gasteiger partial charge in [-0.2, -0.15) is 0 Å². The van der Waals surface area contributed by atoms with Crippen molar-refractivity contribution in [3.63, 3.8) is 0 Å². The summed E-state index contributed by atoms with van der Waals surface area (Å²) in [6.07, 6.45) is 0.904. The van der Waals surface area contributed by atoms with Gasteiger partial charge in [-0.25, -0.2) is 4.98 Å². The van der Waals surface area contributed by atoms with Gasteiger partial charge in [0.25, 0.3) is 5.56 Å². The number of anilines is 1. The van der Waals surface area contributed by atoms with Crippen LogP contribution in [0, 0.1) is 0 Å². The first kappa shape index (κ1) is 22.8. The van der Waals surface area contributed by atoms with Crippen LogP contribution in [-0.4, -0.2) is 21.2 Å². The Bertz CT molecular complexity index is 1360. The van der Waals surface area contributed by atoms with E-state index in [1.54, 1.807) is 10.6 Å². The van der Waals surface area contributed by atoms with E-state index >= 15 is 0 Å². The first-order valence-electron chi connectivity index (χ1n) is 11.1. The van der Waals surface area contributed by atoms with E-state index in [4.69, 9.17) is 4.98 Å². The van der Waals surface area contributed by atoms with Crippen molar-refractivity contribution in [1.29, 1.82) is 0 Å². The standard InChI is InChI=1S/C27H27N3O2S/c1-4-19-10-9-11-20(16-19)28-25(31)17-33-27-29-23-14-7-5-13-22(23)26(32)30(27)24-15-8-6-12-21(24)18(2)3/h5-16,18H,4,17H2,1-3H3,(H,28,31). The van der Waals surface area contributed by atoms with E-state index < -0.39 is 0 Å². The lowest BCUT2D eigenvalue weighted by atomic mass is 10.0. The van der Waals surface area contributed by atoms with Crippen molar-refractivity contribution in [2.75, 3.05) is 11.1 Å². The van der Waals surface area contributed by atoms with E-state index in [1.165, 1.54) is 11.8 Å². The number of amides is 1. The van der Waals surface area contributed by atoms with E-state index in [0.29, 0.717) is 16.1 Å². The lowest BCUT2D eigenvalue weighted by Crippen LogP contribution is -2.24. The van der Waals surface area contributed by atoms with Crippen LogP contribution in [0.25, 0.3) is 16.6 Å². The maximum Gasteiger partial charge on any atom is 0.266 e. The quantitative estimate of drug-likeness (QED) is 0.281. The van der Waals surface area contributed by atoms with Crippen molar-refractivity contribution >= 4 is 34.3 Å². The molecule has 0 atom stereocenters. The Morgan fingerprint density at radius 1 is 1.03 bits per heavy atom. The topological polar surface area (TPSA) is 64.0 Å². The average molecular weight is 458 g/mol. The highest BCUT2D eigenvalue weighted by molar-refractivity contribution is 7.99. The molecule has 0 radical (unpaired) electrons. The first-order chi connectivity index (χ1) is 16.0. The summed E-state index contributed by atoms with van der Waals surface area (Å²) in [4.78, 5) is 31.0. The second-order valence-corrected chi connectivity index (χ2v) is 9.10. The molecular weight excluding hydrogens is 430 g/mol. The number of benzene rings is 3. The highest BCUT2D eigenvalue weighted by Crippen LogP contribution is 2.27. The Hall–Kier alpha value is -3.38. The van der Waals surface area contributed by atoms with Gasteiger partial charge >= 0.3 is 0 Å². The number of hydrogen-bond acceptors (Lipinski definition) is 4. The molecule has 0 fully saturated rings. The molecule has 0 saturated heterocycles. The Morgan fingerprint density at radius 2 is 1.79 bits per heavy atom. The van der Waals surface area contributed by atoms with Crippen LogP contribution < -0.4 is 10.9 Å². The third-order valence-corrected chi connectivity index (χ3v) is 6.43. The number of hydrogen-bond donors (Lipinski definition) is 1. The maximum absolute atomic E-state index is 13.5. The minimum atomic E-state index is -0.139. The van der Waals surface area contributed by atoms with E-state index in [9.17, 15) is 9.59 Å². The summed E-state index contributed by atoms with van der Waals surface area (Å²) in [7, 11) is 0. The number of nitrogens with one attached hydrogen (secondary N) is 1. The number of carbonyl (C=O) groups excluding carboxylic acids is 1. The molecule has 6 heteroatoms. The predicted octanol–water partition coefficient (Wildman–Crippen LogP) is 5.80. The second-order valence-electron chi connectivity index (χ2n) is 8.16. The highest BCUT2D eigenvalue weighted by Gasteiger charge is 2.18. The molecule has 33 heavy (non-hydrogen) atoms. The minimum absolute atomic E-state index is 0.132. The predicted molar refractivity (Wildman–Crippen MR) is 137 cm³/mol. The largest absolute Gasteiger partial charge is 0.325 e. The number of nitrogens with zero attached hydrogens (tertiary/aromatic N) is 2. The van der Waals surface area contributed by atoms with Crippen LogP contribution >= 0.6 is 11.8 Å². The summed E-state index contributed by atoms with van der Waals surface area (Å²) in [6, 6.07) is 23.0. The molecule has 0 unspecified atom stereocenters. The Balaban J connectivity index is 1.70. The zero-order valence-electron chi connectivity index (χ0n) is 19.0. The van der Waals surface area contributed by atoms with Crippen LogP contribution in [0.1, 0.15) is 37.8 Å². The summed E-state index contributed by atoms with van der Waals surface area (Å²) in [5.74, 6) is 0.233. The summed E-state index contributed by atoms with van der Waals surface area (Å²) < 4.78 is 1.65. The molecule has 1 heterocycles. The van der Waals surface area contributed by atoms with Gasteiger partial charge in [-0.1, -0.05) is 75.0 Å². The SMILES string of the molecule is CCc1cccc(NC(=O)CSc2nc3ccccc3c(=O)n2-c2ccccc2C(C)C)c1. The third-order valence-electron chi connectivity index (χ3n) is 5.50. The molecule has 1 N–H and O–H groups in total. The Kier molecular flexibility index (Phi) is 6.94. The Labute approximate surface area is 197 Å². The molecule has 1 amide bonds. The fraction of sp³-hybridized carbons (Fsp3) is 0.222. The molecule has 0 bridgehead atoms. The van der Waals surface area contributed by atoms with Crippen molar-refractivity contribution in [1.82, 2.24) is 9.55 Å². The molecule has 168 valence electrons. The molecule has 0 aliphatic heterocycles. The Morgan fingerprint density at radius 3 is 2.58 bits per heavy atom. The summed E-state index contributed by atoms with van der Waals surface area (Å²) in [5, 5.41) is 4.01. The number of fused-ring (bicyclic) bond motifs is 1. The van der Waals surface area contributed by atoms with Gasteiger partial charge in [0.15, 0.2) is 5.16 Å². The molecule has 0 aliphatic carbocycles. The van der Waals surface area contributed by atoms with Crippen molar-refractivity contribution in [3.8, 4) is 5.69 Å². The van der Waals surface area contributed by atoms with Crippen molar-refractivity contribution < 1.29 is 4.79 Å². The van der Waals surface area contributed by atoms with Crippen molar-refractivity contribution in [2.45, 2.75) is 38.3 Å². The van der Waals surface area contributed by atoms with Crippen molar-refractivity contribution in [2.24, 2.45) is 0 Å². The van der Waals surface area contributed by atoms with Crippen LogP contribution in [0.4, 0.5) is 5.69 Å². The molecule has 4 aromatic rings. The van der Waals surface area contributed by atoms with Crippen LogP contribution in [0.15, 0.2) is 82.7 Å². The molecule has 0 spiro atoms. The van der Waals surface area contributed by atoms with Crippen LogP contribution in [0.5, 0.6) is 0 Å². The number of aromatic nitrogens is 2. The van der Waals surface area contributed by atoms with Gasteiger partial charge in [0.1, 0.15) is 0 Å². The zero-order chi connectivity index (χ0) is 23.4. The zero-order valence-corrected chi connectivity index (χ0v) is 19.9. The molecule has 0 aliphatic rings. The monoisotopic (exact) mass is 457 g/mol. The van der Waals surface area contributed by atoms with Gasteiger partial charge in [0.05, 0.1) is 22.3 Å². The van der Waals surface area contributed by atoms with E-state index in [-0.39, 0.29) is 23.1 Å². The van der Waals surface area contributed by atoms with Crippen LogP contribution in [0.3, 0.4) is 0 Å². The smallest absolute Gasteiger partial charge is 0.266 e. The fourth-order valence-electron chi connectivity index (χ4n) is 3.80. The molecule has 4 rings (SSSR count). The van der Waals surface area contributed by atoms with Crippen molar-refractivity contribution in [3.05, 3.63) is 94.3 Å². The molecule has 5 nitrogen and oxygen atoms in total. The minimum Gasteiger partial charge on any atom is -0.325 e. The first-order valence-corrected chi connectivity index (χ1v) is 12.1. The van der Waals surface area contributed by atoms with E-state index in [0.717, 1.165) is 28.9 Å². The lowest BCUT2D eigenvalue weighted by Gasteiger charge is -2.18. The summed E-state index contributed by atoms with van der Waals surface area (Å²) in [6.45, 7) is 6.28. The van der Waals surface area contributed by atoms with Gasteiger partial charge in [-0.15, -0.1) is 0 Å². The lowest BCUT2D eigenvalue weighted by molar-refractivity contribution is -0.113. The van der Waals surface area contributed by atoms with Crippen LogP contribution in [0.2, 0.25) is 0 Å². The molecular formula is C27H27N3O2S. The number of thioether (sulfide) groups is 1. The highest BCUT2D eigenvalue weighted by atomic mass is 32.2. The molecule has 3 aromatic carbocycles. The number of para-hydroxylation sites is 2. The normalized spacial score (nSPS) is 11.2. The van der Waals surface area contributed by atoms with Gasteiger partial charge in [0, 0.05) is 5.69 Å². The molecule has 1 aromatic heterocycles. The average Bonchev–Trinajstić information content (AvgIpc) is 2.83. The summed E-state index contributed by atoms with van der Waals surface area (Å²) in [5.41, 5.74) is 4.28. The van der Waals surface area contributed by atoms with Crippen LogP contribution in [-0.2, 0) is 11.2 Å². The fourth-order valence-corrected chi connectivity index (χ4v) is 4.60. The van der Waals surface area contributed by atoms with Gasteiger partial charge in [-0.3, -0.25) is 14.2 Å².